The minimum atomic E-state index is 0.0199. The Morgan fingerprint density at radius 2 is 2.33 bits per heavy atom. The quantitative estimate of drug-likeness (QED) is 0.846. The van der Waals surface area contributed by atoms with Crippen LogP contribution in [0.5, 0.6) is 0 Å². The summed E-state index contributed by atoms with van der Waals surface area (Å²) in [5.74, 6) is 1.43. The van der Waals surface area contributed by atoms with E-state index in [0.29, 0.717) is 24.6 Å². The van der Waals surface area contributed by atoms with Crippen LogP contribution >= 0.6 is 0 Å². The highest BCUT2D eigenvalue weighted by Gasteiger charge is 2.45. The van der Waals surface area contributed by atoms with Crippen LogP contribution in [0.15, 0.2) is 18.3 Å². The Bertz CT molecular complexity index is 579. The van der Waals surface area contributed by atoms with E-state index in [1.165, 1.54) is 0 Å². The van der Waals surface area contributed by atoms with Crippen LogP contribution in [0, 0.1) is 17.2 Å². The molecule has 1 aromatic heterocycles. The zero-order valence-corrected chi connectivity index (χ0v) is 12.1. The van der Waals surface area contributed by atoms with Crippen LogP contribution in [-0.4, -0.2) is 47.5 Å². The van der Waals surface area contributed by atoms with Crippen LogP contribution in [0.3, 0.4) is 0 Å². The summed E-state index contributed by atoms with van der Waals surface area (Å²) in [6, 6.07) is 6.35. The molecule has 6 heteroatoms. The van der Waals surface area contributed by atoms with Gasteiger partial charge in [-0.3, -0.25) is 4.79 Å². The van der Waals surface area contributed by atoms with Crippen molar-refractivity contribution < 1.29 is 4.79 Å². The topological polar surface area (TPSA) is 86.2 Å². The molecule has 3 heterocycles. The summed E-state index contributed by atoms with van der Waals surface area (Å²) in [7, 11) is 0. The van der Waals surface area contributed by atoms with Gasteiger partial charge in [-0.1, -0.05) is 6.92 Å². The summed E-state index contributed by atoms with van der Waals surface area (Å²) in [5, 5.41) is 8.86. The number of nitrogens with zero attached hydrogens (tertiary/aromatic N) is 4. The lowest BCUT2D eigenvalue weighted by atomic mass is 10.0. The lowest BCUT2D eigenvalue weighted by molar-refractivity contribution is -0.130. The third kappa shape index (κ3) is 2.34. The van der Waals surface area contributed by atoms with Gasteiger partial charge in [0, 0.05) is 25.3 Å². The molecule has 0 aliphatic carbocycles. The maximum absolute atomic E-state index is 11.8. The third-order valence-electron chi connectivity index (χ3n) is 4.56. The van der Waals surface area contributed by atoms with Gasteiger partial charge in [0.05, 0.1) is 18.2 Å². The van der Waals surface area contributed by atoms with E-state index in [4.69, 9.17) is 11.0 Å². The highest BCUT2D eigenvalue weighted by molar-refractivity contribution is 5.78. The van der Waals surface area contributed by atoms with E-state index in [1.807, 2.05) is 11.0 Å². The van der Waals surface area contributed by atoms with Gasteiger partial charge in [-0.15, -0.1) is 0 Å². The van der Waals surface area contributed by atoms with Crippen molar-refractivity contribution in [3.8, 4) is 6.07 Å². The summed E-state index contributed by atoms with van der Waals surface area (Å²) in [5.41, 5.74) is 6.04. The molecule has 2 fully saturated rings. The molecular formula is C15H19N5O. The molecule has 2 bridgehead atoms. The largest absolute Gasteiger partial charge is 0.347 e. The van der Waals surface area contributed by atoms with Crippen LogP contribution in [0.1, 0.15) is 18.9 Å². The summed E-state index contributed by atoms with van der Waals surface area (Å²) in [4.78, 5) is 20.4. The number of fused-ring (bicyclic) bond motifs is 2. The molecule has 3 rings (SSSR count). The second-order valence-corrected chi connectivity index (χ2v) is 5.86. The fourth-order valence-electron chi connectivity index (χ4n) is 3.52. The number of nitrogens with two attached hydrogens (primary N) is 1. The molecule has 21 heavy (non-hydrogen) atoms. The van der Waals surface area contributed by atoms with Crippen LogP contribution in [0.2, 0.25) is 0 Å². The van der Waals surface area contributed by atoms with Crippen molar-refractivity contribution in [3.63, 3.8) is 0 Å². The van der Waals surface area contributed by atoms with E-state index in [-0.39, 0.29) is 24.5 Å². The molecule has 2 saturated heterocycles. The second kappa shape index (κ2) is 5.34. The van der Waals surface area contributed by atoms with Gasteiger partial charge in [0.2, 0.25) is 5.91 Å². The minimum Gasteiger partial charge on any atom is -0.347 e. The van der Waals surface area contributed by atoms with Crippen molar-refractivity contribution in [2.24, 2.45) is 11.7 Å². The monoisotopic (exact) mass is 285 g/mol. The highest BCUT2D eigenvalue weighted by Crippen LogP contribution is 2.37. The van der Waals surface area contributed by atoms with Crippen molar-refractivity contribution in [2.75, 3.05) is 24.5 Å². The molecule has 2 aliphatic heterocycles. The predicted molar refractivity (Wildman–Crippen MR) is 78.4 cm³/mol. The van der Waals surface area contributed by atoms with Gasteiger partial charge < -0.3 is 15.5 Å². The van der Waals surface area contributed by atoms with Crippen LogP contribution in [0.25, 0.3) is 0 Å². The van der Waals surface area contributed by atoms with Crippen LogP contribution in [-0.2, 0) is 4.79 Å². The standard InChI is InChI=1S/C15H19N5O/c1-10-4-12-8-19(15(21)6-17)9-13(10)20(12)14-3-2-11(5-16)7-18-14/h2-3,7,10,12-13H,4,6,8-9,17H2,1H3/t10-,12?,13?/m0/s1. The Labute approximate surface area is 124 Å². The molecule has 1 amide bonds. The van der Waals surface area contributed by atoms with Gasteiger partial charge in [0.25, 0.3) is 0 Å². The van der Waals surface area contributed by atoms with Gasteiger partial charge in [-0.2, -0.15) is 5.26 Å². The van der Waals surface area contributed by atoms with E-state index in [0.717, 1.165) is 12.2 Å². The number of aromatic nitrogens is 1. The molecule has 0 aromatic carbocycles. The average Bonchev–Trinajstić information content (AvgIpc) is 2.72. The summed E-state index contributed by atoms with van der Waals surface area (Å²) in [6.45, 7) is 3.70. The number of rotatable bonds is 2. The number of anilines is 1. The number of nitriles is 1. The normalized spacial score (nSPS) is 27.6. The number of piperazine rings is 1. The number of pyridine rings is 1. The number of amides is 1. The predicted octanol–water partition coefficient (Wildman–Crippen LogP) is 0.338. The Hall–Kier alpha value is -2.13. The van der Waals surface area contributed by atoms with Crippen LogP contribution in [0.4, 0.5) is 5.82 Å². The fraction of sp³-hybridized carbons (Fsp3) is 0.533. The Morgan fingerprint density at radius 3 is 2.90 bits per heavy atom. The number of carbonyl (C=O) groups is 1. The van der Waals surface area contributed by atoms with E-state index in [9.17, 15) is 4.79 Å². The Balaban J connectivity index is 1.84. The number of hydrogen-bond donors (Lipinski definition) is 1. The molecule has 1 aromatic rings. The maximum Gasteiger partial charge on any atom is 0.236 e. The molecule has 2 aliphatic rings. The molecule has 110 valence electrons. The molecule has 0 spiro atoms. The molecule has 3 atom stereocenters. The van der Waals surface area contributed by atoms with Crippen LogP contribution < -0.4 is 10.6 Å². The highest BCUT2D eigenvalue weighted by atomic mass is 16.2. The Kier molecular flexibility index (Phi) is 3.52. The summed E-state index contributed by atoms with van der Waals surface area (Å²) < 4.78 is 0. The van der Waals surface area contributed by atoms with Gasteiger partial charge in [0.15, 0.2) is 0 Å². The first-order valence-corrected chi connectivity index (χ1v) is 7.26. The van der Waals surface area contributed by atoms with E-state index >= 15 is 0 Å². The molecule has 2 unspecified atom stereocenters. The SMILES string of the molecule is C[C@H]1CC2CN(C(=O)CN)CC1N2c1ccc(C#N)cn1. The van der Waals surface area contributed by atoms with Crippen molar-refractivity contribution >= 4 is 11.7 Å². The maximum atomic E-state index is 11.8. The van der Waals surface area contributed by atoms with E-state index < -0.39 is 0 Å². The minimum absolute atomic E-state index is 0.0199. The first-order chi connectivity index (χ1) is 10.1. The molecule has 2 N–H and O–H groups in total. The van der Waals surface area contributed by atoms with Gasteiger partial charge in [-0.05, 0) is 24.5 Å². The number of hydrogen-bond acceptors (Lipinski definition) is 5. The van der Waals surface area contributed by atoms with Gasteiger partial charge in [0.1, 0.15) is 11.9 Å². The molecular weight excluding hydrogens is 266 g/mol. The molecule has 0 radical (unpaired) electrons. The number of likely N-dealkylation sites (tertiary alicyclic amines) is 1. The van der Waals surface area contributed by atoms with Crippen molar-refractivity contribution in [1.82, 2.24) is 9.88 Å². The smallest absolute Gasteiger partial charge is 0.236 e. The third-order valence-corrected chi connectivity index (χ3v) is 4.56. The summed E-state index contributed by atoms with van der Waals surface area (Å²) >= 11 is 0. The lowest BCUT2D eigenvalue weighted by Crippen LogP contribution is -2.57. The van der Waals surface area contributed by atoms with Crippen molar-refractivity contribution in [2.45, 2.75) is 25.4 Å². The van der Waals surface area contributed by atoms with Gasteiger partial charge >= 0.3 is 0 Å². The molecule has 6 nitrogen and oxygen atoms in total. The Morgan fingerprint density at radius 1 is 1.52 bits per heavy atom. The lowest BCUT2D eigenvalue weighted by Gasteiger charge is -2.42. The van der Waals surface area contributed by atoms with E-state index in [2.05, 4.69) is 22.9 Å². The van der Waals surface area contributed by atoms with E-state index in [1.54, 1.807) is 12.3 Å². The first-order valence-electron chi connectivity index (χ1n) is 7.26. The van der Waals surface area contributed by atoms with Crippen molar-refractivity contribution in [3.05, 3.63) is 23.9 Å². The second-order valence-electron chi connectivity index (χ2n) is 5.86. The van der Waals surface area contributed by atoms with Crippen molar-refractivity contribution in [1.29, 1.82) is 5.26 Å². The zero-order valence-electron chi connectivity index (χ0n) is 12.1. The molecule has 0 saturated carbocycles. The average molecular weight is 285 g/mol. The summed E-state index contributed by atoms with van der Waals surface area (Å²) in [6.07, 6.45) is 2.66. The fourth-order valence-corrected chi connectivity index (χ4v) is 3.52. The first kappa shape index (κ1) is 13.8. The van der Waals surface area contributed by atoms with Gasteiger partial charge in [-0.25, -0.2) is 4.98 Å². The zero-order chi connectivity index (χ0) is 15.0. The number of carbonyl (C=O) groups excluding carboxylic acids is 1.